The van der Waals surface area contributed by atoms with Crippen molar-refractivity contribution in [3.8, 4) is 34.1 Å². The van der Waals surface area contributed by atoms with Crippen LogP contribution in [0.2, 0.25) is 0 Å². The summed E-state index contributed by atoms with van der Waals surface area (Å²) in [6, 6.07) is 32.4. The molecule has 0 bridgehead atoms. The van der Waals surface area contributed by atoms with Crippen molar-refractivity contribution in [3.05, 3.63) is 133 Å². The Labute approximate surface area is 215 Å². The van der Waals surface area contributed by atoms with E-state index in [1.807, 2.05) is 66.7 Å². The summed E-state index contributed by atoms with van der Waals surface area (Å²) in [5.74, 6) is 1.16. The summed E-state index contributed by atoms with van der Waals surface area (Å²) in [5, 5.41) is 15.2. The van der Waals surface area contributed by atoms with Gasteiger partial charge in [0.25, 0.3) is 0 Å². The first-order chi connectivity index (χ1) is 17.9. The minimum atomic E-state index is -0.981. The van der Waals surface area contributed by atoms with Crippen LogP contribution in [-0.2, 0) is 16.0 Å². The Morgan fingerprint density at radius 1 is 0.649 bits per heavy atom. The van der Waals surface area contributed by atoms with Crippen LogP contribution in [0.25, 0.3) is 11.1 Å². The average Bonchev–Trinajstić information content (AvgIpc) is 3.31. The molecular formula is C31H26O6. The Balaban J connectivity index is 0.000000327. The van der Waals surface area contributed by atoms with Crippen molar-refractivity contribution >= 4 is 11.9 Å². The second kappa shape index (κ2) is 13.1. The predicted molar refractivity (Wildman–Crippen MR) is 143 cm³/mol. The normalized spacial score (nSPS) is 10.2. The third-order valence-corrected chi connectivity index (χ3v) is 5.18. The zero-order valence-corrected chi connectivity index (χ0v) is 20.0. The van der Waals surface area contributed by atoms with E-state index in [4.69, 9.17) is 19.7 Å². The molecular weight excluding hydrogens is 468 g/mol. The van der Waals surface area contributed by atoms with E-state index in [1.54, 1.807) is 0 Å². The van der Waals surface area contributed by atoms with E-state index in [-0.39, 0.29) is 0 Å². The molecule has 5 rings (SSSR count). The van der Waals surface area contributed by atoms with Gasteiger partial charge in [-0.2, -0.15) is 0 Å². The Kier molecular flexibility index (Phi) is 9.39. The predicted octanol–water partition coefficient (Wildman–Crippen LogP) is 7.36. The monoisotopic (exact) mass is 494 g/mol. The van der Waals surface area contributed by atoms with Crippen LogP contribution in [0.5, 0.6) is 23.0 Å². The SMILES string of the molecule is C=CC(=O)O.C=CC(=O)O.c1ccc(Oc2ccc3c(c2Oc2ccccc2)Cc2ccccc2-3)cc1. The minimum absolute atomic E-state index is 0.733. The van der Waals surface area contributed by atoms with Gasteiger partial charge in [0.05, 0.1) is 0 Å². The van der Waals surface area contributed by atoms with E-state index in [1.165, 1.54) is 22.3 Å². The van der Waals surface area contributed by atoms with Crippen molar-refractivity contribution in [2.24, 2.45) is 0 Å². The molecule has 1 aliphatic carbocycles. The molecule has 0 saturated carbocycles. The van der Waals surface area contributed by atoms with Gasteiger partial charge < -0.3 is 19.7 Å². The number of carboxylic acids is 2. The van der Waals surface area contributed by atoms with Gasteiger partial charge >= 0.3 is 11.9 Å². The summed E-state index contributed by atoms with van der Waals surface area (Å²) in [7, 11) is 0. The fourth-order valence-corrected chi connectivity index (χ4v) is 3.58. The third kappa shape index (κ3) is 7.44. The summed E-state index contributed by atoms with van der Waals surface area (Å²) >= 11 is 0. The largest absolute Gasteiger partial charge is 0.478 e. The molecule has 186 valence electrons. The van der Waals surface area contributed by atoms with Gasteiger partial charge in [-0.25, -0.2) is 9.59 Å². The van der Waals surface area contributed by atoms with Crippen LogP contribution < -0.4 is 9.47 Å². The number of hydrogen-bond acceptors (Lipinski definition) is 4. The van der Waals surface area contributed by atoms with Crippen molar-refractivity contribution in [1.29, 1.82) is 0 Å². The number of para-hydroxylation sites is 2. The lowest BCUT2D eigenvalue weighted by Gasteiger charge is -2.16. The van der Waals surface area contributed by atoms with Crippen molar-refractivity contribution in [2.45, 2.75) is 6.42 Å². The zero-order chi connectivity index (χ0) is 26.6. The maximum absolute atomic E-state index is 9.25. The molecule has 0 aromatic heterocycles. The topological polar surface area (TPSA) is 93.1 Å². The molecule has 0 radical (unpaired) electrons. The molecule has 0 saturated heterocycles. The number of fused-ring (bicyclic) bond motifs is 3. The number of aliphatic carboxylic acids is 2. The van der Waals surface area contributed by atoms with E-state index in [2.05, 4.69) is 43.5 Å². The molecule has 0 atom stereocenters. The maximum atomic E-state index is 9.25. The zero-order valence-electron chi connectivity index (χ0n) is 20.0. The number of rotatable bonds is 6. The summed E-state index contributed by atoms with van der Waals surface area (Å²) in [4.78, 5) is 18.5. The van der Waals surface area contributed by atoms with Gasteiger partial charge in [0.15, 0.2) is 11.5 Å². The highest BCUT2D eigenvalue weighted by atomic mass is 16.5. The first-order valence-corrected chi connectivity index (χ1v) is 11.3. The van der Waals surface area contributed by atoms with Crippen molar-refractivity contribution < 1.29 is 29.3 Å². The van der Waals surface area contributed by atoms with Crippen LogP contribution in [0.15, 0.2) is 122 Å². The van der Waals surface area contributed by atoms with Crippen molar-refractivity contribution in [2.75, 3.05) is 0 Å². The smallest absolute Gasteiger partial charge is 0.327 e. The fourth-order valence-electron chi connectivity index (χ4n) is 3.58. The molecule has 2 N–H and O–H groups in total. The maximum Gasteiger partial charge on any atom is 0.327 e. The van der Waals surface area contributed by atoms with Crippen molar-refractivity contribution in [3.63, 3.8) is 0 Å². The molecule has 0 aliphatic heterocycles. The van der Waals surface area contributed by atoms with Gasteiger partial charge in [-0.3, -0.25) is 0 Å². The van der Waals surface area contributed by atoms with Crippen molar-refractivity contribution in [1.82, 2.24) is 0 Å². The third-order valence-electron chi connectivity index (χ3n) is 5.18. The van der Waals surface area contributed by atoms with Gasteiger partial charge in [0.2, 0.25) is 0 Å². The second-order valence-electron chi connectivity index (χ2n) is 7.67. The second-order valence-corrected chi connectivity index (χ2v) is 7.67. The first-order valence-electron chi connectivity index (χ1n) is 11.3. The quantitative estimate of drug-likeness (QED) is 0.240. The highest BCUT2D eigenvalue weighted by Gasteiger charge is 2.25. The Morgan fingerprint density at radius 2 is 1.14 bits per heavy atom. The number of benzene rings is 4. The summed E-state index contributed by atoms with van der Waals surface area (Å²) in [5.41, 5.74) is 4.99. The van der Waals surface area contributed by atoms with Gasteiger partial charge in [-0.15, -0.1) is 0 Å². The summed E-state index contributed by atoms with van der Waals surface area (Å²) < 4.78 is 12.5. The average molecular weight is 495 g/mol. The van der Waals surface area contributed by atoms with E-state index >= 15 is 0 Å². The lowest BCUT2D eigenvalue weighted by atomic mass is 10.0. The van der Waals surface area contributed by atoms with E-state index < -0.39 is 11.9 Å². The molecule has 0 unspecified atom stereocenters. The van der Waals surface area contributed by atoms with Crippen LogP contribution in [0.4, 0.5) is 0 Å². The standard InChI is InChI=1S/C25H18O2.2C3H4O2/c1-3-10-19(11-4-1)26-24-16-15-22-21-14-8-7-9-18(21)17-23(22)25(24)27-20-12-5-2-6-13-20;2*1-2-3(4)5/h1-16H,17H2;2*2H,1H2,(H,4,5). The Morgan fingerprint density at radius 3 is 1.68 bits per heavy atom. The molecule has 0 fully saturated rings. The van der Waals surface area contributed by atoms with Crippen LogP contribution in [0, 0.1) is 0 Å². The fraction of sp³-hybridized carbons (Fsp3) is 0.0323. The highest BCUT2D eigenvalue weighted by molar-refractivity contribution is 5.81. The lowest BCUT2D eigenvalue weighted by Crippen LogP contribution is -1.95. The van der Waals surface area contributed by atoms with Crippen LogP contribution >= 0.6 is 0 Å². The molecule has 0 amide bonds. The highest BCUT2D eigenvalue weighted by Crippen LogP contribution is 2.47. The number of hydrogen-bond donors (Lipinski definition) is 2. The first kappa shape index (κ1) is 26.5. The lowest BCUT2D eigenvalue weighted by molar-refractivity contribution is -0.132. The van der Waals surface area contributed by atoms with Gasteiger partial charge in [0.1, 0.15) is 11.5 Å². The van der Waals surface area contributed by atoms with E-state index in [0.29, 0.717) is 0 Å². The number of ether oxygens (including phenoxy) is 2. The summed E-state index contributed by atoms with van der Waals surface area (Å²) in [6.07, 6.45) is 2.51. The molecule has 1 aliphatic rings. The summed E-state index contributed by atoms with van der Waals surface area (Å²) in [6.45, 7) is 5.92. The number of carboxylic acid groups (broad SMARTS) is 2. The molecule has 4 aromatic rings. The molecule has 37 heavy (non-hydrogen) atoms. The minimum Gasteiger partial charge on any atom is -0.478 e. The van der Waals surface area contributed by atoms with Crippen LogP contribution in [0.1, 0.15) is 11.1 Å². The molecule has 0 spiro atoms. The Hall–Kier alpha value is -5.10. The van der Waals surface area contributed by atoms with Crippen LogP contribution in [0.3, 0.4) is 0 Å². The molecule has 6 heteroatoms. The van der Waals surface area contributed by atoms with Crippen LogP contribution in [-0.4, -0.2) is 22.2 Å². The van der Waals surface area contributed by atoms with Gasteiger partial charge in [0, 0.05) is 24.1 Å². The number of carbonyl (C=O) groups is 2. The van der Waals surface area contributed by atoms with Gasteiger partial charge in [-0.05, 0) is 47.0 Å². The van der Waals surface area contributed by atoms with E-state index in [9.17, 15) is 9.59 Å². The molecule has 6 nitrogen and oxygen atoms in total. The molecule has 0 heterocycles. The van der Waals surface area contributed by atoms with E-state index in [0.717, 1.165) is 41.6 Å². The molecule has 4 aromatic carbocycles. The van der Waals surface area contributed by atoms with Gasteiger partial charge in [-0.1, -0.05) is 79.9 Å². The Bertz CT molecular complexity index is 1360.